The maximum atomic E-state index is 11.9. The summed E-state index contributed by atoms with van der Waals surface area (Å²) in [6.07, 6.45) is 1.84. The summed E-state index contributed by atoms with van der Waals surface area (Å²) in [4.78, 5) is 11.9. The van der Waals surface area contributed by atoms with Crippen LogP contribution in [0.5, 0.6) is 5.75 Å². The van der Waals surface area contributed by atoms with Crippen molar-refractivity contribution in [3.05, 3.63) is 29.3 Å². The highest BCUT2D eigenvalue weighted by Gasteiger charge is 2.13. The normalized spacial score (nSPS) is 10.2. The summed E-state index contributed by atoms with van der Waals surface area (Å²) in [5.41, 5.74) is 1.63. The number of carbonyl (C=O) groups excluding carboxylic acids is 1. The number of rotatable bonds is 7. The molecule has 100 valence electrons. The highest BCUT2D eigenvalue weighted by molar-refractivity contribution is 9.09. The van der Waals surface area contributed by atoms with Crippen LogP contribution in [0.4, 0.5) is 0 Å². The largest absolute Gasteiger partial charge is 0.494 e. The Kier molecular flexibility index (Phi) is 6.80. The Bertz CT molecular complexity index is 391. The fourth-order valence-corrected chi connectivity index (χ4v) is 1.97. The van der Waals surface area contributed by atoms with Crippen molar-refractivity contribution >= 4 is 21.9 Å². The monoisotopic (exact) mass is 314 g/mol. The molecule has 0 aliphatic rings. The molecule has 1 aromatic rings. The van der Waals surface area contributed by atoms with E-state index in [9.17, 15) is 4.79 Å². The number of hydrogen-bond donors (Lipinski definition) is 0. The van der Waals surface area contributed by atoms with E-state index < -0.39 is 0 Å². The van der Waals surface area contributed by atoms with Crippen molar-refractivity contribution in [2.24, 2.45) is 0 Å². The zero-order chi connectivity index (χ0) is 13.4. The van der Waals surface area contributed by atoms with Gasteiger partial charge in [-0.1, -0.05) is 22.0 Å². The third kappa shape index (κ3) is 4.33. The van der Waals surface area contributed by atoms with Gasteiger partial charge in [0, 0.05) is 5.33 Å². The molecule has 0 saturated heterocycles. The van der Waals surface area contributed by atoms with Gasteiger partial charge in [0.1, 0.15) is 5.75 Å². The van der Waals surface area contributed by atoms with E-state index in [-0.39, 0.29) is 5.97 Å². The molecule has 0 aromatic heterocycles. The van der Waals surface area contributed by atoms with Gasteiger partial charge in [-0.2, -0.15) is 0 Å². The zero-order valence-electron chi connectivity index (χ0n) is 10.9. The lowest BCUT2D eigenvalue weighted by atomic mass is 10.0. The van der Waals surface area contributed by atoms with Gasteiger partial charge >= 0.3 is 5.97 Å². The van der Waals surface area contributed by atoms with Crippen LogP contribution < -0.4 is 4.74 Å². The van der Waals surface area contributed by atoms with Crippen molar-refractivity contribution in [3.8, 4) is 5.75 Å². The number of ether oxygens (including phenoxy) is 2. The molecule has 0 radical (unpaired) electrons. The maximum absolute atomic E-state index is 11.9. The first-order valence-corrected chi connectivity index (χ1v) is 7.33. The lowest BCUT2D eigenvalue weighted by molar-refractivity contribution is 0.0524. The predicted octanol–water partition coefficient (Wildman–Crippen LogP) is 3.59. The van der Waals surface area contributed by atoms with Crippen LogP contribution >= 0.6 is 15.9 Å². The van der Waals surface area contributed by atoms with E-state index in [0.29, 0.717) is 24.5 Å². The fraction of sp³-hybridized carbons (Fsp3) is 0.500. The third-order valence-electron chi connectivity index (χ3n) is 2.47. The number of aryl methyl sites for hydroxylation is 1. The van der Waals surface area contributed by atoms with E-state index >= 15 is 0 Å². The molecule has 0 spiro atoms. The molecular formula is C14H19BrO3. The topological polar surface area (TPSA) is 35.5 Å². The first-order chi connectivity index (χ1) is 8.72. The van der Waals surface area contributed by atoms with E-state index in [0.717, 1.165) is 23.7 Å². The summed E-state index contributed by atoms with van der Waals surface area (Å²) in [6.45, 7) is 4.70. The van der Waals surface area contributed by atoms with E-state index in [1.165, 1.54) is 0 Å². The van der Waals surface area contributed by atoms with Crippen molar-refractivity contribution in [1.29, 1.82) is 0 Å². The number of halogens is 1. The van der Waals surface area contributed by atoms with Crippen LogP contribution in [0.2, 0.25) is 0 Å². The molecule has 3 nitrogen and oxygen atoms in total. The van der Waals surface area contributed by atoms with Gasteiger partial charge < -0.3 is 9.47 Å². The van der Waals surface area contributed by atoms with Gasteiger partial charge in [0.2, 0.25) is 0 Å². The van der Waals surface area contributed by atoms with Gasteiger partial charge in [-0.25, -0.2) is 4.79 Å². The quantitative estimate of drug-likeness (QED) is 0.570. The van der Waals surface area contributed by atoms with Gasteiger partial charge in [-0.15, -0.1) is 0 Å². The molecule has 18 heavy (non-hydrogen) atoms. The van der Waals surface area contributed by atoms with E-state index in [4.69, 9.17) is 9.47 Å². The smallest absolute Gasteiger partial charge is 0.338 e. The van der Waals surface area contributed by atoms with Crippen LogP contribution in [0.3, 0.4) is 0 Å². The molecule has 0 heterocycles. The van der Waals surface area contributed by atoms with Crippen LogP contribution in [0.1, 0.15) is 36.2 Å². The van der Waals surface area contributed by atoms with Crippen LogP contribution in [-0.2, 0) is 11.2 Å². The van der Waals surface area contributed by atoms with E-state index in [1.807, 2.05) is 26.0 Å². The molecule has 1 rings (SSSR count). The average Bonchev–Trinajstić information content (AvgIpc) is 2.38. The molecule has 0 amide bonds. The highest BCUT2D eigenvalue weighted by Crippen LogP contribution is 2.20. The Morgan fingerprint density at radius 3 is 2.67 bits per heavy atom. The summed E-state index contributed by atoms with van der Waals surface area (Å²) in [5.74, 6) is 0.437. The molecule has 0 fully saturated rings. The number of alkyl halides is 1. The van der Waals surface area contributed by atoms with Gasteiger partial charge in [0.15, 0.2) is 0 Å². The fourth-order valence-electron chi connectivity index (χ4n) is 1.69. The summed E-state index contributed by atoms with van der Waals surface area (Å²) >= 11 is 3.40. The lowest BCUT2D eigenvalue weighted by Gasteiger charge is -2.11. The van der Waals surface area contributed by atoms with Crippen LogP contribution in [0.15, 0.2) is 18.2 Å². The Morgan fingerprint density at radius 1 is 1.28 bits per heavy atom. The Hall–Kier alpha value is -1.03. The molecule has 0 unspecified atom stereocenters. The summed E-state index contributed by atoms with van der Waals surface area (Å²) in [7, 11) is 0. The molecule has 0 aliphatic carbocycles. The summed E-state index contributed by atoms with van der Waals surface area (Å²) in [5, 5.41) is 0.919. The predicted molar refractivity (Wildman–Crippen MR) is 75.7 cm³/mol. The minimum atomic E-state index is -0.274. The van der Waals surface area contributed by atoms with Crippen LogP contribution in [0, 0.1) is 0 Å². The Morgan fingerprint density at radius 2 is 2.06 bits per heavy atom. The van der Waals surface area contributed by atoms with Crippen LogP contribution in [-0.4, -0.2) is 24.5 Å². The second-order valence-corrected chi connectivity index (χ2v) is 4.56. The van der Waals surface area contributed by atoms with Crippen molar-refractivity contribution in [2.75, 3.05) is 18.5 Å². The molecule has 0 atom stereocenters. The second-order valence-electron chi connectivity index (χ2n) is 3.76. The highest BCUT2D eigenvalue weighted by atomic mass is 79.9. The number of benzene rings is 1. The lowest BCUT2D eigenvalue weighted by Crippen LogP contribution is -2.09. The molecule has 0 saturated carbocycles. The molecular weight excluding hydrogens is 296 g/mol. The molecule has 1 aromatic carbocycles. The van der Waals surface area contributed by atoms with Crippen molar-refractivity contribution in [3.63, 3.8) is 0 Å². The summed E-state index contributed by atoms with van der Waals surface area (Å²) < 4.78 is 10.5. The average molecular weight is 315 g/mol. The first-order valence-electron chi connectivity index (χ1n) is 6.21. The van der Waals surface area contributed by atoms with Crippen molar-refractivity contribution < 1.29 is 14.3 Å². The Balaban J connectivity index is 2.97. The van der Waals surface area contributed by atoms with E-state index in [1.54, 1.807) is 6.07 Å². The van der Waals surface area contributed by atoms with Crippen molar-refractivity contribution in [2.45, 2.75) is 26.7 Å². The van der Waals surface area contributed by atoms with Gasteiger partial charge in [-0.05, 0) is 44.4 Å². The van der Waals surface area contributed by atoms with Gasteiger partial charge in [0.25, 0.3) is 0 Å². The SMILES string of the molecule is CCOC(=O)c1cc(OCC)ccc1CCCBr. The standard InChI is InChI=1S/C14H19BrO3/c1-3-17-12-8-7-11(6-5-9-15)13(10-12)14(16)18-4-2/h7-8,10H,3-6,9H2,1-2H3. The zero-order valence-corrected chi connectivity index (χ0v) is 12.5. The molecule has 0 aliphatic heterocycles. The maximum Gasteiger partial charge on any atom is 0.338 e. The minimum absolute atomic E-state index is 0.274. The summed E-state index contributed by atoms with van der Waals surface area (Å²) in [6, 6.07) is 5.61. The number of hydrogen-bond acceptors (Lipinski definition) is 3. The third-order valence-corrected chi connectivity index (χ3v) is 3.03. The number of carbonyl (C=O) groups is 1. The number of esters is 1. The van der Waals surface area contributed by atoms with Crippen LogP contribution in [0.25, 0.3) is 0 Å². The van der Waals surface area contributed by atoms with Crippen molar-refractivity contribution in [1.82, 2.24) is 0 Å². The minimum Gasteiger partial charge on any atom is -0.494 e. The van der Waals surface area contributed by atoms with Gasteiger partial charge in [-0.3, -0.25) is 0 Å². The van der Waals surface area contributed by atoms with E-state index in [2.05, 4.69) is 15.9 Å². The Labute approximate surface area is 117 Å². The van der Waals surface area contributed by atoms with Gasteiger partial charge in [0.05, 0.1) is 18.8 Å². The first kappa shape index (κ1) is 15.0. The molecule has 0 N–H and O–H groups in total. The molecule has 0 bridgehead atoms. The second kappa shape index (κ2) is 8.14. The molecule has 4 heteroatoms.